The van der Waals surface area contributed by atoms with E-state index in [2.05, 4.69) is 4.99 Å². The van der Waals surface area contributed by atoms with Gasteiger partial charge in [-0.1, -0.05) is 23.5 Å². The fourth-order valence-electron chi connectivity index (χ4n) is 4.62. The van der Waals surface area contributed by atoms with E-state index in [1.807, 2.05) is 0 Å². The first kappa shape index (κ1) is 27.7. The first-order chi connectivity index (χ1) is 19.7. The van der Waals surface area contributed by atoms with Gasteiger partial charge in [0.2, 0.25) is 0 Å². The maximum Gasteiger partial charge on any atom is 0.338 e. The summed E-state index contributed by atoms with van der Waals surface area (Å²) in [4.78, 5) is 43.2. The van der Waals surface area contributed by atoms with Crippen molar-refractivity contribution in [3.8, 4) is 22.8 Å². The van der Waals surface area contributed by atoms with Crippen LogP contribution in [-0.4, -0.2) is 42.4 Å². The number of nitrogens with zero attached hydrogens (tertiary/aromatic N) is 2. The number of esters is 1. The monoisotopic (exact) mass is 574 g/mol. The summed E-state index contributed by atoms with van der Waals surface area (Å²) in [5, 5.41) is 9.14. The largest absolute Gasteiger partial charge is 0.497 e. The van der Waals surface area contributed by atoms with E-state index in [-0.39, 0.29) is 23.3 Å². The topological polar surface area (TPSA) is 130 Å². The zero-order chi connectivity index (χ0) is 29.3. The molecule has 10 nitrogen and oxygen atoms in total. The number of carbonyl (C=O) groups excluding carboxylic acids is 1. The number of methoxy groups -OCH3 is 2. The van der Waals surface area contributed by atoms with Crippen molar-refractivity contribution in [2.75, 3.05) is 20.8 Å². The van der Waals surface area contributed by atoms with Gasteiger partial charge in [0.05, 0.1) is 42.2 Å². The van der Waals surface area contributed by atoms with Crippen LogP contribution in [0, 0.1) is 0 Å². The van der Waals surface area contributed by atoms with E-state index in [1.54, 1.807) is 62.4 Å². The van der Waals surface area contributed by atoms with E-state index in [9.17, 15) is 14.4 Å². The van der Waals surface area contributed by atoms with Crippen molar-refractivity contribution >= 4 is 29.4 Å². The van der Waals surface area contributed by atoms with E-state index in [4.69, 9.17) is 23.7 Å². The predicted molar refractivity (Wildman–Crippen MR) is 151 cm³/mol. The van der Waals surface area contributed by atoms with Crippen LogP contribution in [0.3, 0.4) is 0 Å². The van der Waals surface area contributed by atoms with Crippen LogP contribution in [0.2, 0.25) is 0 Å². The Bertz CT molecular complexity index is 1860. The Kier molecular flexibility index (Phi) is 7.62. The molecule has 0 bridgehead atoms. The van der Waals surface area contributed by atoms with Crippen LogP contribution >= 0.6 is 11.3 Å². The van der Waals surface area contributed by atoms with Crippen molar-refractivity contribution in [1.29, 1.82) is 0 Å². The quantitative estimate of drug-likeness (QED) is 0.315. The Hall–Kier alpha value is -4.90. The highest BCUT2D eigenvalue weighted by Gasteiger charge is 2.35. The number of thiazole rings is 1. The normalized spacial score (nSPS) is 14.8. The number of aromatic carboxylic acids is 1. The average Bonchev–Trinajstić information content (AvgIpc) is 3.56. The molecule has 1 aliphatic heterocycles. The first-order valence-corrected chi connectivity index (χ1v) is 13.4. The Morgan fingerprint density at radius 2 is 1.85 bits per heavy atom. The smallest absolute Gasteiger partial charge is 0.338 e. The molecule has 0 spiro atoms. The summed E-state index contributed by atoms with van der Waals surface area (Å²) in [7, 11) is 3.04. The molecule has 2 aromatic carbocycles. The Labute approximate surface area is 238 Å². The van der Waals surface area contributed by atoms with Crippen molar-refractivity contribution in [2.24, 2.45) is 4.99 Å². The second-order valence-electron chi connectivity index (χ2n) is 8.99. The van der Waals surface area contributed by atoms with Gasteiger partial charge in [-0.2, -0.15) is 0 Å². The van der Waals surface area contributed by atoms with Crippen LogP contribution in [0.15, 0.2) is 80.1 Å². The number of hydrogen-bond donors (Lipinski definition) is 1. The number of carbonyl (C=O) groups is 2. The van der Waals surface area contributed by atoms with Gasteiger partial charge in [-0.05, 0) is 50.2 Å². The molecule has 0 amide bonds. The van der Waals surface area contributed by atoms with Crippen molar-refractivity contribution in [3.63, 3.8) is 0 Å². The molecular weight excluding hydrogens is 548 g/mol. The summed E-state index contributed by atoms with van der Waals surface area (Å²) in [6.45, 7) is 3.58. The molecule has 4 aromatic rings. The minimum absolute atomic E-state index is 0.159. The lowest BCUT2D eigenvalue weighted by atomic mass is 9.95. The summed E-state index contributed by atoms with van der Waals surface area (Å²) in [6, 6.07) is 14.1. The zero-order valence-electron chi connectivity index (χ0n) is 22.7. The molecular formula is C30H26N2O8S. The van der Waals surface area contributed by atoms with E-state index in [0.717, 1.165) is 0 Å². The Morgan fingerprint density at radius 1 is 1.10 bits per heavy atom. The number of carboxylic acids is 1. The van der Waals surface area contributed by atoms with Crippen molar-refractivity contribution in [1.82, 2.24) is 4.57 Å². The van der Waals surface area contributed by atoms with Gasteiger partial charge in [0.1, 0.15) is 29.1 Å². The van der Waals surface area contributed by atoms with Crippen LogP contribution in [0.25, 0.3) is 17.4 Å². The van der Waals surface area contributed by atoms with Gasteiger partial charge < -0.3 is 23.7 Å². The highest BCUT2D eigenvalue weighted by atomic mass is 32.1. The minimum Gasteiger partial charge on any atom is -0.497 e. The number of benzene rings is 2. The van der Waals surface area contributed by atoms with Crippen LogP contribution in [0.1, 0.15) is 41.6 Å². The van der Waals surface area contributed by atoms with E-state index >= 15 is 0 Å². The maximum atomic E-state index is 13.9. The van der Waals surface area contributed by atoms with Gasteiger partial charge in [-0.25, -0.2) is 14.6 Å². The second kappa shape index (κ2) is 11.3. The van der Waals surface area contributed by atoms with Crippen molar-refractivity contribution in [3.05, 3.63) is 102 Å². The summed E-state index contributed by atoms with van der Waals surface area (Å²) in [5.74, 6) is 0.344. The number of furan rings is 1. The molecule has 2 aromatic heterocycles. The third-order valence-electron chi connectivity index (χ3n) is 6.57. The molecule has 0 aliphatic carbocycles. The number of allylic oxidation sites excluding steroid dienone is 1. The number of aromatic nitrogens is 1. The molecule has 210 valence electrons. The van der Waals surface area contributed by atoms with Gasteiger partial charge >= 0.3 is 11.9 Å². The third-order valence-corrected chi connectivity index (χ3v) is 7.55. The van der Waals surface area contributed by atoms with Crippen LogP contribution < -0.4 is 24.4 Å². The predicted octanol–water partition coefficient (Wildman–Crippen LogP) is 3.77. The highest BCUT2D eigenvalue weighted by Crippen LogP contribution is 2.37. The van der Waals surface area contributed by atoms with Crippen LogP contribution in [0.4, 0.5) is 0 Å². The molecule has 0 saturated heterocycles. The number of hydrogen-bond acceptors (Lipinski definition) is 9. The molecule has 1 N–H and O–H groups in total. The van der Waals surface area contributed by atoms with Gasteiger partial charge in [-0.3, -0.25) is 9.36 Å². The van der Waals surface area contributed by atoms with Crippen LogP contribution in [-0.2, 0) is 9.53 Å². The summed E-state index contributed by atoms with van der Waals surface area (Å²) < 4.78 is 24.1. The van der Waals surface area contributed by atoms with E-state index in [1.165, 1.54) is 42.3 Å². The van der Waals surface area contributed by atoms with Crippen molar-refractivity contribution in [2.45, 2.75) is 19.9 Å². The van der Waals surface area contributed by atoms with Gasteiger partial charge in [0.15, 0.2) is 4.80 Å². The first-order valence-electron chi connectivity index (χ1n) is 12.6. The Balaban J connectivity index is 1.63. The number of fused-ring (bicyclic) bond motifs is 1. The fraction of sp³-hybridized carbons (Fsp3) is 0.200. The third kappa shape index (κ3) is 5.19. The second-order valence-corrected chi connectivity index (χ2v) is 10.0. The fourth-order valence-corrected chi connectivity index (χ4v) is 5.65. The summed E-state index contributed by atoms with van der Waals surface area (Å²) in [5.41, 5.74) is 1.74. The van der Waals surface area contributed by atoms with Crippen LogP contribution in [0.5, 0.6) is 11.5 Å². The minimum atomic E-state index is -1.01. The lowest BCUT2D eigenvalue weighted by Crippen LogP contribution is -2.40. The lowest BCUT2D eigenvalue weighted by molar-refractivity contribution is -0.139. The lowest BCUT2D eigenvalue weighted by Gasteiger charge is -2.26. The van der Waals surface area contributed by atoms with Crippen molar-refractivity contribution < 1.29 is 33.3 Å². The molecule has 11 heteroatoms. The number of rotatable bonds is 8. The molecule has 41 heavy (non-hydrogen) atoms. The average molecular weight is 575 g/mol. The molecule has 5 rings (SSSR count). The number of ether oxygens (including phenoxy) is 3. The molecule has 1 unspecified atom stereocenters. The molecule has 1 atom stereocenters. The summed E-state index contributed by atoms with van der Waals surface area (Å²) >= 11 is 1.17. The van der Waals surface area contributed by atoms with Gasteiger partial charge in [0, 0.05) is 23.3 Å². The standard InChI is InChI=1S/C30H26N2O8S/c1-5-39-29(36)25-16(2)31-30-32(26(25)21-12-10-19(37-3)14-23(21)38-4)27(33)24(41-30)15-20-11-13-22(40-20)17-6-8-18(9-7-17)28(34)35/h6-15,26H,5H2,1-4H3,(H,34,35)/b24-15+. The highest BCUT2D eigenvalue weighted by molar-refractivity contribution is 7.07. The van der Waals surface area contributed by atoms with Gasteiger partial charge in [-0.15, -0.1) is 0 Å². The molecule has 0 fully saturated rings. The zero-order valence-corrected chi connectivity index (χ0v) is 23.5. The molecule has 0 radical (unpaired) electrons. The maximum absolute atomic E-state index is 13.9. The van der Waals surface area contributed by atoms with E-state index < -0.39 is 18.0 Å². The Morgan fingerprint density at radius 3 is 2.51 bits per heavy atom. The van der Waals surface area contributed by atoms with E-state index in [0.29, 0.717) is 49.2 Å². The summed E-state index contributed by atoms with van der Waals surface area (Å²) in [6.07, 6.45) is 1.62. The SMILES string of the molecule is CCOC(=O)C1=C(C)N=c2s/c(=C/c3ccc(-c4ccc(C(=O)O)cc4)o3)c(=O)n2C1c1ccc(OC)cc1OC. The molecule has 0 saturated carbocycles. The molecule has 1 aliphatic rings. The van der Waals surface area contributed by atoms with Gasteiger partial charge in [0.25, 0.3) is 5.56 Å². The molecule has 3 heterocycles. The number of carboxylic acid groups (broad SMARTS) is 1.